The van der Waals surface area contributed by atoms with Gasteiger partial charge in [0.1, 0.15) is 0 Å². The van der Waals surface area contributed by atoms with Crippen molar-refractivity contribution in [3.05, 3.63) is 23.2 Å². The van der Waals surface area contributed by atoms with Gasteiger partial charge in [-0.3, -0.25) is 0 Å². The van der Waals surface area contributed by atoms with Crippen LogP contribution >= 0.6 is 11.6 Å². The molecule has 2 atom stereocenters. The molecule has 1 heterocycles. The summed E-state index contributed by atoms with van der Waals surface area (Å²) in [6.45, 7) is 3.15. The van der Waals surface area contributed by atoms with Crippen LogP contribution in [-0.2, 0) is 6.54 Å². The van der Waals surface area contributed by atoms with Gasteiger partial charge in [0.2, 0.25) is 0 Å². The second-order valence-electron chi connectivity index (χ2n) is 5.71. The van der Waals surface area contributed by atoms with Crippen LogP contribution in [0.1, 0.15) is 26.2 Å². The van der Waals surface area contributed by atoms with Crippen molar-refractivity contribution in [3.8, 4) is 11.4 Å². The number of nitrogen functional groups attached to an aromatic ring is 1. The average Bonchev–Trinajstić information content (AvgIpc) is 3.02. The molecule has 0 radical (unpaired) electrons. The van der Waals surface area contributed by atoms with Crippen molar-refractivity contribution < 1.29 is 0 Å². The minimum absolute atomic E-state index is 0.620. The van der Waals surface area contributed by atoms with Crippen LogP contribution in [0.2, 0.25) is 5.02 Å². The molecular formula is C14H18ClN5. The fourth-order valence-electron chi connectivity index (χ4n) is 2.97. The normalized spacial score (nSPS) is 22.3. The highest BCUT2D eigenvalue weighted by Crippen LogP contribution is 2.33. The molecule has 1 fully saturated rings. The molecule has 5 nitrogen and oxygen atoms in total. The number of rotatable bonds is 3. The molecule has 106 valence electrons. The summed E-state index contributed by atoms with van der Waals surface area (Å²) in [6.07, 6.45) is 3.77. The maximum Gasteiger partial charge on any atom is 0.183 e. The summed E-state index contributed by atoms with van der Waals surface area (Å²) in [5.74, 6) is 2.14. The summed E-state index contributed by atoms with van der Waals surface area (Å²) in [6, 6.07) is 5.38. The van der Waals surface area contributed by atoms with E-state index in [0.717, 1.165) is 18.0 Å². The van der Waals surface area contributed by atoms with Gasteiger partial charge in [0.15, 0.2) is 5.82 Å². The Kier molecular flexibility index (Phi) is 3.61. The van der Waals surface area contributed by atoms with Gasteiger partial charge in [-0.15, -0.1) is 5.10 Å². The zero-order valence-corrected chi connectivity index (χ0v) is 12.2. The third kappa shape index (κ3) is 2.63. The van der Waals surface area contributed by atoms with E-state index in [-0.39, 0.29) is 0 Å². The molecule has 0 aliphatic heterocycles. The number of benzene rings is 1. The monoisotopic (exact) mass is 291 g/mol. The number of halogens is 1. The Hall–Kier alpha value is -1.62. The van der Waals surface area contributed by atoms with Crippen molar-refractivity contribution in [1.29, 1.82) is 0 Å². The topological polar surface area (TPSA) is 69.6 Å². The van der Waals surface area contributed by atoms with Crippen LogP contribution in [0.15, 0.2) is 18.2 Å². The number of nitrogens with two attached hydrogens (primary N) is 1. The zero-order valence-electron chi connectivity index (χ0n) is 11.5. The van der Waals surface area contributed by atoms with Crippen LogP contribution in [0, 0.1) is 11.8 Å². The predicted octanol–water partition coefficient (Wildman–Crippen LogP) is 3.01. The van der Waals surface area contributed by atoms with E-state index in [4.69, 9.17) is 17.3 Å². The largest absolute Gasteiger partial charge is 0.399 e. The molecule has 0 bridgehead atoms. The summed E-state index contributed by atoms with van der Waals surface area (Å²) in [5, 5.41) is 12.6. The van der Waals surface area contributed by atoms with Gasteiger partial charge in [0.25, 0.3) is 0 Å². The molecule has 0 spiro atoms. The molecule has 1 saturated carbocycles. The van der Waals surface area contributed by atoms with Crippen LogP contribution in [0.4, 0.5) is 5.69 Å². The van der Waals surface area contributed by atoms with Crippen molar-refractivity contribution >= 4 is 17.3 Å². The number of tetrazole rings is 1. The van der Waals surface area contributed by atoms with Gasteiger partial charge in [-0.05, 0) is 53.3 Å². The van der Waals surface area contributed by atoms with E-state index in [2.05, 4.69) is 22.4 Å². The van der Waals surface area contributed by atoms with E-state index >= 15 is 0 Å². The first-order chi connectivity index (χ1) is 9.63. The van der Waals surface area contributed by atoms with Crippen LogP contribution in [0.25, 0.3) is 11.4 Å². The van der Waals surface area contributed by atoms with Gasteiger partial charge in [-0.1, -0.05) is 24.9 Å². The van der Waals surface area contributed by atoms with Gasteiger partial charge in [0, 0.05) is 17.8 Å². The van der Waals surface area contributed by atoms with Crippen LogP contribution < -0.4 is 5.73 Å². The Balaban J connectivity index is 1.88. The Bertz CT molecular complexity index is 609. The average molecular weight is 292 g/mol. The summed E-state index contributed by atoms with van der Waals surface area (Å²) in [5.41, 5.74) is 7.28. The Morgan fingerprint density at radius 2 is 2.25 bits per heavy atom. The van der Waals surface area contributed by atoms with Crippen LogP contribution in [0.5, 0.6) is 0 Å². The van der Waals surface area contributed by atoms with E-state index in [0.29, 0.717) is 22.5 Å². The molecule has 1 aromatic carbocycles. The Morgan fingerprint density at radius 3 is 3.00 bits per heavy atom. The van der Waals surface area contributed by atoms with Crippen molar-refractivity contribution in [2.45, 2.75) is 32.7 Å². The first-order valence-electron chi connectivity index (χ1n) is 6.95. The van der Waals surface area contributed by atoms with Crippen molar-refractivity contribution in [1.82, 2.24) is 20.2 Å². The first-order valence-corrected chi connectivity index (χ1v) is 7.33. The van der Waals surface area contributed by atoms with Crippen molar-refractivity contribution in [2.24, 2.45) is 11.8 Å². The van der Waals surface area contributed by atoms with E-state index in [1.165, 1.54) is 19.3 Å². The highest BCUT2D eigenvalue weighted by Gasteiger charge is 2.23. The minimum atomic E-state index is 0.620. The molecular weight excluding hydrogens is 274 g/mol. The highest BCUT2D eigenvalue weighted by atomic mass is 35.5. The lowest BCUT2D eigenvalue weighted by Gasteiger charge is -2.11. The van der Waals surface area contributed by atoms with E-state index in [1.807, 2.05) is 10.7 Å². The summed E-state index contributed by atoms with van der Waals surface area (Å²) in [7, 11) is 0. The maximum absolute atomic E-state index is 6.24. The standard InChI is InChI=1S/C14H18ClN5/c1-9-2-3-10(6-9)8-20-14(17-18-19-20)12-7-11(16)4-5-13(12)15/h4-5,7,9-10H,2-3,6,8,16H2,1H3. The lowest BCUT2D eigenvalue weighted by Crippen LogP contribution is -2.11. The third-order valence-corrected chi connectivity index (χ3v) is 4.33. The quantitative estimate of drug-likeness (QED) is 0.883. The van der Waals surface area contributed by atoms with Crippen molar-refractivity contribution in [3.63, 3.8) is 0 Å². The second-order valence-corrected chi connectivity index (χ2v) is 6.12. The van der Waals surface area contributed by atoms with Crippen molar-refractivity contribution in [2.75, 3.05) is 5.73 Å². The number of hydrogen-bond donors (Lipinski definition) is 1. The molecule has 1 aliphatic rings. The van der Waals surface area contributed by atoms with Crippen LogP contribution in [0.3, 0.4) is 0 Å². The smallest absolute Gasteiger partial charge is 0.183 e. The molecule has 1 aliphatic carbocycles. The van der Waals surface area contributed by atoms with Crippen LogP contribution in [-0.4, -0.2) is 20.2 Å². The molecule has 2 unspecified atom stereocenters. The SMILES string of the molecule is CC1CCC(Cn2nnnc2-c2cc(N)ccc2Cl)C1. The summed E-state index contributed by atoms with van der Waals surface area (Å²) >= 11 is 6.24. The lowest BCUT2D eigenvalue weighted by molar-refractivity contribution is 0.412. The Labute approximate surface area is 123 Å². The number of hydrogen-bond acceptors (Lipinski definition) is 4. The second kappa shape index (κ2) is 5.40. The fourth-order valence-corrected chi connectivity index (χ4v) is 3.17. The molecule has 0 amide bonds. The van der Waals surface area contributed by atoms with E-state index in [9.17, 15) is 0 Å². The molecule has 2 aromatic rings. The third-order valence-electron chi connectivity index (χ3n) is 4.00. The predicted molar refractivity (Wildman–Crippen MR) is 79.2 cm³/mol. The first kappa shape index (κ1) is 13.4. The van der Waals surface area contributed by atoms with Gasteiger partial charge in [-0.2, -0.15) is 0 Å². The fraction of sp³-hybridized carbons (Fsp3) is 0.500. The molecule has 20 heavy (non-hydrogen) atoms. The molecule has 3 rings (SSSR count). The Morgan fingerprint density at radius 1 is 1.40 bits per heavy atom. The van der Waals surface area contributed by atoms with E-state index < -0.39 is 0 Å². The minimum Gasteiger partial charge on any atom is -0.399 e. The molecule has 2 N–H and O–H groups in total. The van der Waals surface area contributed by atoms with Gasteiger partial charge >= 0.3 is 0 Å². The summed E-state index contributed by atoms with van der Waals surface area (Å²) in [4.78, 5) is 0. The number of aromatic nitrogens is 4. The number of anilines is 1. The van der Waals surface area contributed by atoms with Gasteiger partial charge in [0.05, 0.1) is 5.02 Å². The molecule has 1 aromatic heterocycles. The number of nitrogens with zero attached hydrogens (tertiary/aromatic N) is 4. The maximum atomic E-state index is 6.24. The summed E-state index contributed by atoms with van der Waals surface area (Å²) < 4.78 is 1.85. The molecule has 0 saturated heterocycles. The van der Waals surface area contributed by atoms with Gasteiger partial charge < -0.3 is 5.73 Å². The van der Waals surface area contributed by atoms with Gasteiger partial charge in [-0.25, -0.2) is 4.68 Å². The highest BCUT2D eigenvalue weighted by molar-refractivity contribution is 6.33. The zero-order chi connectivity index (χ0) is 14.1. The van der Waals surface area contributed by atoms with E-state index in [1.54, 1.807) is 12.1 Å². The lowest BCUT2D eigenvalue weighted by atomic mass is 10.1. The molecule has 6 heteroatoms.